The van der Waals surface area contributed by atoms with Crippen LogP contribution in [0.25, 0.3) is 0 Å². The maximum absolute atomic E-state index is 5.37. The maximum atomic E-state index is 5.37. The van der Waals surface area contributed by atoms with Crippen molar-refractivity contribution in [1.82, 2.24) is 25.4 Å². The zero-order valence-corrected chi connectivity index (χ0v) is 15.8. The van der Waals surface area contributed by atoms with E-state index in [1.54, 1.807) is 0 Å². The molecule has 2 N–H and O–H groups in total. The summed E-state index contributed by atoms with van der Waals surface area (Å²) < 4.78 is 7.34. The summed E-state index contributed by atoms with van der Waals surface area (Å²) in [7, 11) is 1.97. The lowest BCUT2D eigenvalue weighted by atomic mass is 10.2. The van der Waals surface area contributed by atoms with Crippen molar-refractivity contribution in [2.75, 3.05) is 26.3 Å². The predicted octanol–water partition coefficient (Wildman–Crippen LogP) is 2.17. The molecule has 7 heteroatoms. The lowest BCUT2D eigenvalue weighted by Gasteiger charge is -2.12. The first-order valence-corrected chi connectivity index (χ1v) is 9.13. The van der Waals surface area contributed by atoms with E-state index in [-0.39, 0.29) is 0 Å². The Kier molecular flexibility index (Phi) is 10.8. The fourth-order valence-electron chi connectivity index (χ4n) is 2.20. The minimum absolute atomic E-state index is 0.521. The van der Waals surface area contributed by atoms with Crippen molar-refractivity contribution in [3.8, 4) is 0 Å². The Labute approximate surface area is 146 Å². The van der Waals surface area contributed by atoms with Crippen molar-refractivity contribution in [3.63, 3.8) is 0 Å². The molecule has 0 aliphatic heterocycles. The van der Waals surface area contributed by atoms with Gasteiger partial charge in [-0.2, -0.15) is 0 Å². The summed E-state index contributed by atoms with van der Waals surface area (Å²) in [4.78, 5) is 4.63. The van der Waals surface area contributed by atoms with Crippen molar-refractivity contribution in [3.05, 3.63) is 11.6 Å². The van der Waals surface area contributed by atoms with Gasteiger partial charge in [0, 0.05) is 33.4 Å². The smallest absolute Gasteiger partial charge is 0.191 e. The highest BCUT2D eigenvalue weighted by molar-refractivity contribution is 5.79. The number of hydrogen-bond acceptors (Lipinski definition) is 4. The molecule has 1 rings (SSSR count). The fraction of sp³-hybridized carbons (Fsp3) is 0.824. The number of aromatic nitrogens is 3. The number of nitrogens with one attached hydrogen (secondary N) is 2. The van der Waals surface area contributed by atoms with E-state index < -0.39 is 0 Å². The number of rotatable bonds is 12. The number of unbranched alkanes of at least 4 members (excludes halogenated alkanes) is 3. The molecule has 0 atom stereocenters. The molecule has 7 nitrogen and oxygen atoms in total. The number of ether oxygens (including phenoxy) is 1. The van der Waals surface area contributed by atoms with Crippen molar-refractivity contribution in [2.45, 2.75) is 59.4 Å². The van der Waals surface area contributed by atoms with E-state index in [0.717, 1.165) is 56.8 Å². The molecule has 0 saturated heterocycles. The average molecular weight is 339 g/mol. The van der Waals surface area contributed by atoms with Gasteiger partial charge in [0.25, 0.3) is 0 Å². The van der Waals surface area contributed by atoms with Crippen molar-refractivity contribution in [2.24, 2.45) is 12.0 Å². The summed E-state index contributed by atoms with van der Waals surface area (Å²) >= 11 is 0. The molecule has 0 fully saturated rings. The zero-order chi connectivity index (χ0) is 17.6. The van der Waals surface area contributed by atoms with Crippen LogP contribution >= 0.6 is 0 Å². The minimum atomic E-state index is 0.521. The molecule has 0 amide bonds. The fourth-order valence-corrected chi connectivity index (χ4v) is 2.20. The lowest BCUT2D eigenvalue weighted by Crippen LogP contribution is -2.38. The third kappa shape index (κ3) is 8.29. The third-order valence-electron chi connectivity index (χ3n) is 3.85. The summed E-state index contributed by atoms with van der Waals surface area (Å²) in [5.41, 5.74) is 0. The van der Waals surface area contributed by atoms with E-state index in [1.807, 2.05) is 25.5 Å². The summed E-state index contributed by atoms with van der Waals surface area (Å²) in [6.07, 6.45) is 5.92. The SMILES string of the molecule is CCCCCCNC(=NCc1nnc(C)n1C)NCCCOCC. The molecule has 0 unspecified atom stereocenters. The van der Waals surface area contributed by atoms with Gasteiger partial charge in [-0.1, -0.05) is 26.2 Å². The Bertz CT molecular complexity index is 456. The molecule has 0 spiro atoms. The van der Waals surface area contributed by atoms with E-state index in [1.165, 1.54) is 19.3 Å². The van der Waals surface area contributed by atoms with Gasteiger partial charge in [-0.3, -0.25) is 0 Å². The van der Waals surface area contributed by atoms with Gasteiger partial charge in [-0.15, -0.1) is 10.2 Å². The summed E-state index contributed by atoms with van der Waals surface area (Å²) in [5, 5.41) is 15.0. The van der Waals surface area contributed by atoms with E-state index in [0.29, 0.717) is 6.54 Å². The molecular formula is C17H34N6O. The van der Waals surface area contributed by atoms with Crippen LogP contribution < -0.4 is 10.6 Å². The number of guanidine groups is 1. The molecule has 24 heavy (non-hydrogen) atoms. The molecule has 0 aliphatic rings. The highest BCUT2D eigenvalue weighted by Crippen LogP contribution is 2.00. The Balaban J connectivity index is 2.45. The van der Waals surface area contributed by atoms with Crippen LogP contribution in [-0.4, -0.2) is 47.0 Å². The van der Waals surface area contributed by atoms with Gasteiger partial charge < -0.3 is 19.9 Å². The van der Waals surface area contributed by atoms with Crippen LogP contribution in [0.1, 0.15) is 57.6 Å². The van der Waals surface area contributed by atoms with Crippen molar-refractivity contribution >= 4 is 5.96 Å². The summed E-state index contributed by atoms with van der Waals surface area (Å²) in [5.74, 6) is 2.61. The van der Waals surface area contributed by atoms with Gasteiger partial charge in [0.15, 0.2) is 11.8 Å². The highest BCUT2D eigenvalue weighted by Gasteiger charge is 2.05. The van der Waals surface area contributed by atoms with Crippen LogP contribution in [0, 0.1) is 6.92 Å². The highest BCUT2D eigenvalue weighted by atomic mass is 16.5. The second-order valence-corrected chi connectivity index (χ2v) is 5.85. The van der Waals surface area contributed by atoms with Crippen LogP contribution in [0.3, 0.4) is 0 Å². The quantitative estimate of drug-likeness (QED) is 0.347. The van der Waals surface area contributed by atoms with E-state index in [4.69, 9.17) is 4.74 Å². The van der Waals surface area contributed by atoms with Gasteiger partial charge >= 0.3 is 0 Å². The van der Waals surface area contributed by atoms with E-state index in [2.05, 4.69) is 32.7 Å². The molecule has 0 saturated carbocycles. The Hall–Kier alpha value is -1.63. The first-order chi connectivity index (χ1) is 11.7. The lowest BCUT2D eigenvalue weighted by molar-refractivity contribution is 0.145. The van der Waals surface area contributed by atoms with Gasteiger partial charge in [0.1, 0.15) is 12.4 Å². The molecular weight excluding hydrogens is 304 g/mol. The average Bonchev–Trinajstić information content (AvgIpc) is 2.90. The van der Waals surface area contributed by atoms with Crippen LogP contribution in [-0.2, 0) is 18.3 Å². The predicted molar refractivity (Wildman–Crippen MR) is 98.1 cm³/mol. The Morgan fingerprint density at radius 1 is 1.08 bits per heavy atom. The molecule has 0 radical (unpaired) electrons. The van der Waals surface area contributed by atoms with Crippen LogP contribution in [0.15, 0.2) is 4.99 Å². The molecule has 1 aromatic rings. The molecule has 1 heterocycles. The topological polar surface area (TPSA) is 76.4 Å². The van der Waals surface area contributed by atoms with Crippen LogP contribution in [0.4, 0.5) is 0 Å². The summed E-state index contributed by atoms with van der Waals surface area (Å²) in [6.45, 7) is 10.0. The molecule has 1 aromatic heterocycles. The Morgan fingerprint density at radius 2 is 1.83 bits per heavy atom. The van der Waals surface area contributed by atoms with Crippen molar-refractivity contribution < 1.29 is 4.74 Å². The number of nitrogens with zero attached hydrogens (tertiary/aromatic N) is 4. The van der Waals surface area contributed by atoms with Crippen LogP contribution in [0.5, 0.6) is 0 Å². The monoisotopic (exact) mass is 338 g/mol. The molecule has 0 bridgehead atoms. The first-order valence-electron chi connectivity index (χ1n) is 9.13. The van der Waals surface area contributed by atoms with Gasteiger partial charge in [-0.25, -0.2) is 4.99 Å². The normalized spacial score (nSPS) is 11.8. The largest absolute Gasteiger partial charge is 0.382 e. The summed E-state index contributed by atoms with van der Waals surface area (Å²) in [6, 6.07) is 0. The van der Waals surface area contributed by atoms with E-state index in [9.17, 15) is 0 Å². The minimum Gasteiger partial charge on any atom is -0.382 e. The second kappa shape index (κ2) is 12.8. The zero-order valence-electron chi connectivity index (χ0n) is 15.8. The van der Waals surface area contributed by atoms with Gasteiger partial charge in [0.2, 0.25) is 0 Å². The molecule has 0 aromatic carbocycles. The van der Waals surface area contributed by atoms with E-state index >= 15 is 0 Å². The third-order valence-corrected chi connectivity index (χ3v) is 3.85. The van der Waals surface area contributed by atoms with Crippen LogP contribution in [0.2, 0.25) is 0 Å². The number of aliphatic imine (C=N–C) groups is 1. The molecule has 138 valence electrons. The number of hydrogen-bond donors (Lipinski definition) is 2. The Morgan fingerprint density at radius 3 is 2.46 bits per heavy atom. The molecule has 0 aliphatic carbocycles. The van der Waals surface area contributed by atoms with Gasteiger partial charge in [-0.05, 0) is 26.7 Å². The number of aryl methyl sites for hydroxylation is 1. The van der Waals surface area contributed by atoms with Gasteiger partial charge in [0.05, 0.1) is 0 Å². The second-order valence-electron chi connectivity index (χ2n) is 5.85. The first kappa shape index (κ1) is 20.4. The maximum Gasteiger partial charge on any atom is 0.191 e. The standard InChI is InChI=1S/C17H34N6O/c1-5-7-8-9-11-18-17(19-12-10-13-24-6-2)20-14-16-22-21-15(3)23(16)4/h5-14H2,1-4H3,(H2,18,19,20). The van der Waals surface area contributed by atoms with Crippen molar-refractivity contribution in [1.29, 1.82) is 0 Å².